The normalized spacial score (nSPS) is 18.0. The maximum Gasteiger partial charge on any atom is 0.319 e. The maximum atomic E-state index is 12.3. The lowest BCUT2D eigenvalue weighted by atomic mass is 10.1. The van der Waals surface area contributed by atoms with E-state index in [9.17, 15) is 9.90 Å². The molecule has 4 rings (SSSR count). The minimum Gasteiger partial charge on any atom is -0.390 e. The molecule has 2 atom stereocenters. The number of urea groups is 1. The van der Waals surface area contributed by atoms with Crippen molar-refractivity contribution >= 4 is 23.1 Å². The average molecular weight is 372 g/mol. The standard InChI is InChI=1S/C22H20N4O2/c27-20-14-15-6-4-5-9-19(15)21(20)24-22(28)23-16-10-12-18(13-11-16)26-25-17-7-2-1-3-8-17/h1-13,20-21,27H,14H2,(H2,23,24,28)/t20-,21+/m0/s1. The number of rotatable bonds is 4. The predicted octanol–water partition coefficient (Wildman–Crippen LogP) is 4.88. The van der Waals surface area contributed by atoms with Gasteiger partial charge in [-0.2, -0.15) is 10.2 Å². The molecule has 2 amide bonds. The van der Waals surface area contributed by atoms with E-state index in [-0.39, 0.29) is 6.03 Å². The first-order valence-corrected chi connectivity index (χ1v) is 9.09. The van der Waals surface area contributed by atoms with Gasteiger partial charge in [0.2, 0.25) is 0 Å². The molecule has 3 aromatic rings. The van der Waals surface area contributed by atoms with Crippen molar-refractivity contribution in [2.24, 2.45) is 10.2 Å². The van der Waals surface area contributed by atoms with E-state index in [2.05, 4.69) is 20.9 Å². The van der Waals surface area contributed by atoms with Crippen molar-refractivity contribution in [3.63, 3.8) is 0 Å². The van der Waals surface area contributed by atoms with Crippen molar-refractivity contribution in [2.45, 2.75) is 18.6 Å². The largest absolute Gasteiger partial charge is 0.390 e. The van der Waals surface area contributed by atoms with E-state index >= 15 is 0 Å². The number of azo groups is 1. The van der Waals surface area contributed by atoms with Gasteiger partial charge in [-0.05, 0) is 47.5 Å². The Hall–Kier alpha value is -3.51. The first-order valence-electron chi connectivity index (χ1n) is 9.09. The highest BCUT2D eigenvalue weighted by atomic mass is 16.3. The Labute approximate surface area is 163 Å². The van der Waals surface area contributed by atoms with Crippen LogP contribution >= 0.6 is 0 Å². The molecule has 0 saturated carbocycles. The van der Waals surface area contributed by atoms with Crippen molar-refractivity contribution in [1.82, 2.24) is 5.32 Å². The minimum absolute atomic E-state index is 0.362. The number of benzene rings is 3. The number of aliphatic hydroxyl groups excluding tert-OH is 1. The Morgan fingerprint density at radius 3 is 2.25 bits per heavy atom. The predicted molar refractivity (Wildman–Crippen MR) is 108 cm³/mol. The van der Waals surface area contributed by atoms with Gasteiger partial charge in [-0.25, -0.2) is 4.79 Å². The van der Waals surface area contributed by atoms with Crippen molar-refractivity contribution in [2.75, 3.05) is 5.32 Å². The molecule has 0 radical (unpaired) electrons. The van der Waals surface area contributed by atoms with Crippen molar-refractivity contribution in [3.05, 3.63) is 90.0 Å². The molecule has 3 aromatic carbocycles. The van der Waals surface area contributed by atoms with E-state index in [1.165, 1.54) is 0 Å². The van der Waals surface area contributed by atoms with Gasteiger partial charge in [-0.1, -0.05) is 42.5 Å². The van der Waals surface area contributed by atoms with Gasteiger partial charge in [0, 0.05) is 12.1 Å². The van der Waals surface area contributed by atoms with Crippen LogP contribution in [0.4, 0.5) is 21.9 Å². The summed E-state index contributed by atoms with van der Waals surface area (Å²) in [7, 11) is 0. The number of carbonyl (C=O) groups is 1. The Balaban J connectivity index is 1.37. The van der Waals surface area contributed by atoms with Crippen LogP contribution in [0.25, 0.3) is 0 Å². The first-order chi connectivity index (χ1) is 13.7. The molecule has 0 saturated heterocycles. The molecule has 0 fully saturated rings. The van der Waals surface area contributed by atoms with Gasteiger partial charge in [0.25, 0.3) is 0 Å². The van der Waals surface area contributed by atoms with Crippen LogP contribution in [0.2, 0.25) is 0 Å². The average Bonchev–Trinajstić information content (AvgIpc) is 3.03. The number of hydrogen-bond donors (Lipinski definition) is 3. The second-order valence-corrected chi connectivity index (χ2v) is 6.63. The van der Waals surface area contributed by atoms with Crippen LogP contribution in [0.15, 0.2) is 89.1 Å². The molecule has 140 valence electrons. The van der Waals surface area contributed by atoms with Crippen molar-refractivity contribution < 1.29 is 9.90 Å². The molecule has 6 heteroatoms. The van der Waals surface area contributed by atoms with Gasteiger partial charge in [0.15, 0.2) is 0 Å². The molecule has 1 aliphatic carbocycles. The highest BCUT2D eigenvalue weighted by molar-refractivity contribution is 5.89. The quantitative estimate of drug-likeness (QED) is 0.570. The Morgan fingerprint density at radius 1 is 0.857 bits per heavy atom. The van der Waals surface area contributed by atoms with Gasteiger partial charge in [-0.15, -0.1) is 0 Å². The van der Waals surface area contributed by atoms with Gasteiger partial charge >= 0.3 is 6.03 Å². The lowest BCUT2D eigenvalue weighted by molar-refractivity contribution is 0.144. The summed E-state index contributed by atoms with van der Waals surface area (Å²) in [5.41, 5.74) is 4.13. The second-order valence-electron chi connectivity index (χ2n) is 6.63. The van der Waals surface area contributed by atoms with E-state index in [0.717, 1.165) is 16.8 Å². The zero-order valence-corrected chi connectivity index (χ0v) is 15.1. The van der Waals surface area contributed by atoms with Gasteiger partial charge in [0.1, 0.15) is 0 Å². The van der Waals surface area contributed by atoms with Gasteiger partial charge in [0.05, 0.1) is 23.5 Å². The number of carbonyl (C=O) groups excluding carboxylic acids is 1. The molecule has 0 heterocycles. The van der Waals surface area contributed by atoms with E-state index in [0.29, 0.717) is 17.8 Å². The van der Waals surface area contributed by atoms with E-state index in [4.69, 9.17) is 0 Å². The van der Waals surface area contributed by atoms with Crippen LogP contribution in [-0.4, -0.2) is 17.2 Å². The third kappa shape index (κ3) is 4.07. The summed E-state index contributed by atoms with van der Waals surface area (Å²) >= 11 is 0. The number of hydrogen-bond acceptors (Lipinski definition) is 4. The molecular formula is C22H20N4O2. The zero-order valence-electron chi connectivity index (χ0n) is 15.1. The fourth-order valence-electron chi connectivity index (χ4n) is 3.28. The molecular weight excluding hydrogens is 352 g/mol. The van der Waals surface area contributed by atoms with Crippen LogP contribution in [0.1, 0.15) is 17.2 Å². The number of aliphatic hydroxyl groups is 1. The number of anilines is 1. The second kappa shape index (κ2) is 8.02. The summed E-state index contributed by atoms with van der Waals surface area (Å²) in [6.45, 7) is 0. The molecule has 0 bridgehead atoms. The fourth-order valence-corrected chi connectivity index (χ4v) is 3.28. The third-order valence-corrected chi connectivity index (χ3v) is 4.65. The van der Waals surface area contributed by atoms with Crippen LogP contribution in [0.3, 0.4) is 0 Å². The summed E-state index contributed by atoms with van der Waals surface area (Å²) < 4.78 is 0. The summed E-state index contributed by atoms with van der Waals surface area (Å²) in [5.74, 6) is 0. The molecule has 0 unspecified atom stereocenters. The van der Waals surface area contributed by atoms with Crippen LogP contribution in [0.5, 0.6) is 0 Å². The Kier molecular flexibility index (Phi) is 5.12. The number of amides is 2. The number of nitrogens with one attached hydrogen (secondary N) is 2. The lowest BCUT2D eigenvalue weighted by Crippen LogP contribution is -2.36. The third-order valence-electron chi connectivity index (χ3n) is 4.65. The fraction of sp³-hybridized carbons (Fsp3) is 0.136. The SMILES string of the molecule is O=C(Nc1ccc(N=Nc2ccccc2)cc1)N[C@@H]1c2ccccc2C[C@@H]1O. The Morgan fingerprint density at radius 2 is 1.50 bits per heavy atom. The van der Waals surface area contributed by atoms with Crippen LogP contribution in [-0.2, 0) is 6.42 Å². The molecule has 6 nitrogen and oxygen atoms in total. The van der Waals surface area contributed by atoms with Crippen LogP contribution in [0, 0.1) is 0 Å². The van der Waals surface area contributed by atoms with Crippen molar-refractivity contribution in [1.29, 1.82) is 0 Å². The van der Waals surface area contributed by atoms with E-state index in [1.807, 2.05) is 54.6 Å². The van der Waals surface area contributed by atoms with Crippen LogP contribution < -0.4 is 10.6 Å². The summed E-state index contributed by atoms with van der Waals surface area (Å²) in [4.78, 5) is 12.3. The lowest BCUT2D eigenvalue weighted by Gasteiger charge is -2.18. The molecule has 0 aliphatic heterocycles. The Bertz CT molecular complexity index is 987. The summed E-state index contributed by atoms with van der Waals surface area (Å²) in [6, 6.07) is 23.5. The summed E-state index contributed by atoms with van der Waals surface area (Å²) in [6.07, 6.45) is -0.0775. The first kappa shape index (κ1) is 17.9. The number of nitrogens with zero attached hydrogens (tertiary/aromatic N) is 2. The topological polar surface area (TPSA) is 86.1 Å². The highest BCUT2D eigenvalue weighted by Gasteiger charge is 2.31. The molecule has 28 heavy (non-hydrogen) atoms. The van der Waals surface area contributed by atoms with Gasteiger partial charge < -0.3 is 15.7 Å². The van der Waals surface area contributed by atoms with Crippen molar-refractivity contribution in [3.8, 4) is 0 Å². The minimum atomic E-state index is -0.621. The molecule has 0 aromatic heterocycles. The molecule has 0 spiro atoms. The monoisotopic (exact) mass is 372 g/mol. The maximum absolute atomic E-state index is 12.3. The smallest absolute Gasteiger partial charge is 0.319 e. The summed E-state index contributed by atoms with van der Waals surface area (Å²) in [5, 5.41) is 24.2. The van der Waals surface area contributed by atoms with Gasteiger partial charge in [-0.3, -0.25) is 0 Å². The molecule has 1 aliphatic rings. The molecule has 3 N–H and O–H groups in total. The van der Waals surface area contributed by atoms with E-state index < -0.39 is 12.1 Å². The number of fused-ring (bicyclic) bond motifs is 1. The van der Waals surface area contributed by atoms with E-state index in [1.54, 1.807) is 24.3 Å². The highest BCUT2D eigenvalue weighted by Crippen LogP contribution is 2.31. The zero-order chi connectivity index (χ0) is 19.3.